The molecule has 0 atom stereocenters. The monoisotopic (exact) mass is 492 g/mol. The van der Waals surface area contributed by atoms with Crippen molar-refractivity contribution in [3.05, 3.63) is 47.3 Å². The molecule has 2 aromatic heterocycles. The minimum Gasteiger partial charge on any atom is -0.381 e. The molecule has 0 radical (unpaired) electrons. The molecule has 0 unspecified atom stereocenters. The van der Waals surface area contributed by atoms with Gasteiger partial charge in [-0.05, 0) is 49.1 Å². The van der Waals surface area contributed by atoms with Gasteiger partial charge in [0.15, 0.2) is 17.3 Å². The van der Waals surface area contributed by atoms with Gasteiger partial charge in [-0.15, -0.1) is 0 Å². The molecule has 2 aliphatic rings. The smallest absolute Gasteiger partial charge is 0.271 e. The van der Waals surface area contributed by atoms with Crippen LogP contribution in [0.25, 0.3) is 11.4 Å². The van der Waals surface area contributed by atoms with Crippen LogP contribution in [0.1, 0.15) is 34.5 Å². The number of primary amides is 1. The number of H-pyrrole nitrogens is 1. The summed E-state index contributed by atoms with van der Waals surface area (Å²) >= 11 is 0. The standard InChI is InChI=1S/C25H32N8O3/c1-16-14-19(3-2-17(16)15-33-8-12-36-13-9-33)29-25-22(23(26)34)30-21(20-4-7-27-32-20)24(31-25)28-18-5-10-35-11-6-18/h2-4,7,14,18H,5-6,8-13,15H2,1H3,(H2,26,34)(H,27,32)(H2,28,29,31). The van der Waals surface area contributed by atoms with E-state index in [1.165, 1.54) is 5.56 Å². The van der Waals surface area contributed by atoms with Gasteiger partial charge >= 0.3 is 0 Å². The van der Waals surface area contributed by atoms with Gasteiger partial charge in [0, 0.05) is 50.8 Å². The second-order valence-corrected chi connectivity index (χ2v) is 9.14. The zero-order valence-electron chi connectivity index (χ0n) is 20.4. The Bertz CT molecular complexity index is 1190. The van der Waals surface area contributed by atoms with E-state index in [4.69, 9.17) is 20.2 Å². The predicted octanol–water partition coefficient (Wildman–Crippen LogP) is 2.44. The van der Waals surface area contributed by atoms with Crippen molar-refractivity contribution in [3.8, 4) is 11.4 Å². The quantitative estimate of drug-likeness (QED) is 0.373. The molecule has 0 spiro atoms. The molecule has 0 bridgehead atoms. The maximum Gasteiger partial charge on any atom is 0.271 e. The average molecular weight is 493 g/mol. The minimum absolute atomic E-state index is 0.0622. The van der Waals surface area contributed by atoms with Crippen molar-refractivity contribution >= 4 is 23.2 Å². The molecule has 190 valence electrons. The molecular weight excluding hydrogens is 460 g/mol. The Hall–Kier alpha value is -3.54. The lowest BCUT2D eigenvalue weighted by molar-refractivity contribution is 0.0341. The number of ether oxygens (including phenoxy) is 2. The molecule has 11 nitrogen and oxygen atoms in total. The summed E-state index contributed by atoms with van der Waals surface area (Å²) < 4.78 is 10.9. The van der Waals surface area contributed by atoms with Crippen molar-refractivity contribution in [2.24, 2.45) is 5.73 Å². The van der Waals surface area contributed by atoms with Crippen LogP contribution in [0.2, 0.25) is 0 Å². The Morgan fingerprint density at radius 1 is 1.11 bits per heavy atom. The summed E-state index contributed by atoms with van der Waals surface area (Å²) in [5, 5.41) is 13.7. The summed E-state index contributed by atoms with van der Waals surface area (Å²) in [6.07, 6.45) is 3.34. The molecule has 2 aliphatic heterocycles. The maximum absolute atomic E-state index is 12.4. The number of hydrogen-bond acceptors (Lipinski definition) is 9. The topological polar surface area (TPSA) is 143 Å². The number of nitrogens with zero attached hydrogens (tertiary/aromatic N) is 4. The lowest BCUT2D eigenvalue weighted by Gasteiger charge is -2.27. The van der Waals surface area contributed by atoms with Crippen molar-refractivity contribution in [1.82, 2.24) is 25.1 Å². The number of nitrogens with two attached hydrogens (primary N) is 1. The van der Waals surface area contributed by atoms with Crippen LogP contribution in [-0.2, 0) is 16.0 Å². The highest BCUT2D eigenvalue weighted by atomic mass is 16.5. The molecule has 4 heterocycles. The summed E-state index contributed by atoms with van der Waals surface area (Å²) in [5.41, 5.74) is 10.1. The molecule has 5 rings (SSSR count). The second-order valence-electron chi connectivity index (χ2n) is 9.14. The number of nitrogens with one attached hydrogen (secondary N) is 3. The first kappa shape index (κ1) is 24.2. The summed E-state index contributed by atoms with van der Waals surface area (Å²) in [4.78, 5) is 24.2. The van der Waals surface area contributed by atoms with Crippen molar-refractivity contribution in [3.63, 3.8) is 0 Å². The zero-order valence-corrected chi connectivity index (χ0v) is 20.4. The van der Waals surface area contributed by atoms with Gasteiger partial charge in [-0.1, -0.05) is 6.07 Å². The normalized spacial score (nSPS) is 17.1. The van der Waals surface area contributed by atoms with Gasteiger partial charge in [-0.3, -0.25) is 14.8 Å². The predicted molar refractivity (Wildman–Crippen MR) is 136 cm³/mol. The van der Waals surface area contributed by atoms with Gasteiger partial charge in [0.05, 0.1) is 18.9 Å². The number of hydrogen-bond donors (Lipinski definition) is 4. The van der Waals surface area contributed by atoms with Gasteiger partial charge < -0.3 is 25.8 Å². The molecule has 0 aliphatic carbocycles. The van der Waals surface area contributed by atoms with Gasteiger partial charge in [0.2, 0.25) is 0 Å². The minimum atomic E-state index is -0.663. The van der Waals surface area contributed by atoms with Crippen LogP contribution < -0.4 is 16.4 Å². The van der Waals surface area contributed by atoms with Crippen molar-refractivity contribution in [2.45, 2.75) is 32.4 Å². The van der Waals surface area contributed by atoms with E-state index >= 15 is 0 Å². The number of aryl methyl sites for hydroxylation is 1. The highest BCUT2D eigenvalue weighted by Crippen LogP contribution is 2.30. The molecule has 5 N–H and O–H groups in total. The van der Waals surface area contributed by atoms with Crippen LogP contribution in [0.15, 0.2) is 30.5 Å². The molecule has 2 fully saturated rings. The summed E-state index contributed by atoms with van der Waals surface area (Å²) in [5.74, 6) is 0.198. The fourth-order valence-electron chi connectivity index (χ4n) is 4.49. The highest BCUT2D eigenvalue weighted by molar-refractivity contribution is 5.97. The Morgan fingerprint density at radius 2 is 1.89 bits per heavy atom. The molecule has 3 aromatic rings. The largest absolute Gasteiger partial charge is 0.381 e. The molecule has 0 saturated carbocycles. The first-order valence-corrected chi connectivity index (χ1v) is 12.3. The number of amides is 1. The van der Waals surface area contributed by atoms with E-state index in [1.54, 1.807) is 12.3 Å². The number of benzene rings is 1. The molecule has 36 heavy (non-hydrogen) atoms. The van der Waals surface area contributed by atoms with Gasteiger partial charge in [0.1, 0.15) is 5.69 Å². The van der Waals surface area contributed by atoms with Crippen LogP contribution in [0.3, 0.4) is 0 Å². The number of rotatable bonds is 8. The zero-order chi connectivity index (χ0) is 24.9. The summed E-state index contributed by atoms with van der Waals surface area (Å²) in [6.45, 7) is 7.74. The Morgan fingerprint density at radius 3 is 2.58 bits per heavy atom. The van der Waals surface area contributed by atoms with E-state index in [0.29, 0.717) is 36.2 Å². The number of carbonyl (C=O) groups is 1. The fraction of sp³-hybridized carbons (Fsp3) is 0.440. The number of anilines is 3. The Kier molecular flexibility index (Phi) is 7.40. The Balaban J connectivity index is 1.43. The Labute approximate surface area is 209 Å². The SMILES string of the molecule is Cc1cc(Nc2nc(NC3CCOCC3)c(-c3ccn[nH]3)nc2C(N)=O)ccc1CN1CCOCC1. The lowest BCUT2D eigenvalue weighted by Crippen LogP contribution is -2.35. The third-order valence-electron chi connectivity index (χ3n) is 6.55. The summed E-state index contributed by atoms with van der Waals surface area (Å²) in [6, 6.07) is 8.11. The first-order chi connectivity index (χ1) is 17.6. The van der Waals surface area contributed by atoms with Gasteiger partial charge in [-0.2, -0.15) is 5.10 Å². The number of carbonyl (C=O) groups excluding carboxylic acids is 1. The second kappa shape index (κ2) is 11.0. The third kappa shape index (κ3) is 5.64. The number of morpholine rings is 1. The first-order valence-electron chi connectivity index (χ1n) is 12.3. The number of aromatic amines is 1. The fourth-order valence-corrected chi connectivity index (χ4v) is 4.49. The van der Waals surface area contributed by atoms with E-state index in [-0.39, 0.29) is 11.7 Å². The molecule has 1 aromatic carbocycles. The molecular formula is C25H32N8O3. The van der Waals surface area contributed by atoms with E-state index in [2.05, 4.69) is 49.8 Å². The van der Waals surface area contributed by atoms with Crippen LogP contribution in [-0.4, -0.2) is 76.5 Å². The highest BCUT2D eigenvalue weighted by Gasteiger charge is 2.23. The van der Waals surface area contributed by atoms with Crippen LogP contribution in [0.5, 0.6) is 0 Å². The van der Waals surface area contributed by atoms with Crippen LogP contribution >= 0.6 is 0 Å². The summed E-state index contributed by atoms with van der Waals surface area (Å²) in [7, 11) is 0. The van der Waals surface area contributed by atoms with E-state index in [1.807, 2.05) is 6.07 Å². The number of aromatic nitrogens is 4. The average Bonchev–Trinajstić information content (AvgIpc) is 3.42. The van der Waals surface area contributed by atoms with Crippen molar-refractivity contribution in [1.29, 1.82) is 0 Å². The lowest BCUT2D eigenvalue weighted by atomic mass is 10.1. The maximum atomic E-state index is 12.4. The van der Waals surface area contributed by atoms with Crippen LogP contribution in [0.4, 0.5) is 17.3 Å². The van der Waals surface area contributed by atoms with Crippen molar-refractivity contribution < 1.29 is 14.3 Å². The van der Waals surface area contributed by atoms with Crippen molar-refractivity contribution in [2.75, 3.05) is 50.2 Å². The van der Waals surface area contributed by atoms with E-state index in [9.17, 15) is 4.79 Å². The van der Waals surface area contributed by atoms with Gasteiger partial charge in [-0.25, -0.2) is 9.97 Å². The third-order valence-corrected chi connectivity index (χ3v) is 6.55. The molecule has 11 heteroatoms. The van der Waals surface area contributed by atoms with Crippen LogP contribution in [0, 0.1) is 6.92 Å². The molecule has 1 amide bonds. The molecule has 2 saturated heterocycles. The van der Waals surface area contributed by atoms with E-state index in [0.717, 1.165) is 56.9 Å². The van der Waals surface area contributed by atoms with E-state index < -0.39 is 5.91 Å². The van der Waals surface area contributed by atoms with Gasteiger partial charge in [0.25, 0.3) is 5.91 Å².